The average Bonchev–Trinajstić information content (AvgIpc) is 3.28. The molecule has 2 heterocycles. The number of hydrogen-bond donors (Lipinski definition) is 0. The number of nitriles is 1. The summed E-state index contributed by atoms with van der Waals surface area (Å²) >= 11 is 1.26. The largest absolute Gasteiger partial charge is 0.326 e. The number of carbonyl (C=O) groups excluding carboxylic acids is 1. The van der Waals surface area contributed by atoms with E-state index < -0.39 is 15.6 Å². The van der Waals surface area contributed by atoms with Gasteiger partial charge in [0.05, 0.1) is 16.8 Å². The summed E-state index contributed by atoms with van der Waals surface area (Å²) in [5.41, 5.74) is -0.697. The minimum absolute atomic E-state index is 0.107. The molecule has 0 unspecified atom stereocenters. The van der Waals surface area contributed by atoms with Crippen LogP contribution in [-0.2, 0) is 14.8 Å². The molecule has 2 aliphatic rings. The maximum atomic E-state index is 12.6. The van der Waals surface area contributed by atoms with Crippen molar-refractivity contribution in [2.45, 2.75) is 60.4 Å². The Hall–Kier alpha value is -1.63. The van der Waals surface area contributed by atoms with Crippen LogP contribution in [0.25, 0.3) is 0 Å². The molecule has 28 heavy (non-hydrogen) atoms. The van der Waals surface area contributed by atoms with Crippen LogP contribution in [0.1, 0.15) is 44.9 Å². The monoisotopic (exact) mass is 422 g/mol. The van der Waals surface area contributed by atoms with E-state index in [4.69, 9.17) is 0 Å². The number of aromatic nitrogens is 1. The zero-order valence-corrected chi connectivity index (χ0v) is 17.8. The van der Waals surface area contributed by atoms with Gasteiger partial charge in [0.2, 0.25) is 15.9 Å². The van der Waals surface area contributed by atoms with Crippen molar-refractivity contribution in [1.29, 1.82) is 5.26 Å². The second-order valence-electron chi connectivity index (χ2n) is 7.39. The standard InChI is InChI=1S/C19H26N4O3S2/c1-22(19(15-20)9-3-2-4-10-19)18(24)14-27-17-8-7-16(13-21-17)28(25,26)23-11-5-6-12-23/h7-8,13H,2-6,9-12,14H2,1H3. The van der Waals surface area contributed by atoms with Crippen LogP contribution in [-0.4, -0.2) is 59.9 Å². The van der Waals surface area contributed by atoms with Gasteiger partial charge in [0.15, 0.2) is 0 Å². The fourth-order valence-corrected chi connectivity index (χ4v) is 6.03. The third kappa shape index (κ3) is 4.34. The lowest BCUT2D eigenvalue weighted by atomic mass is 9.81. The number of carbonyl (C=O) groups is 1. The molecule has 1 aromatic heterocycles. The maximum Gasteiger partial charge on any atom is 0.244 e. The Bertz CT molecular complexity index is 837. The molecule has 3 rings (SSSR count). The van der Waals surface area contributed by atoms with Crippen LogP contribution in [0.5, 0.6) is 0 Å². The van der Waals surface area contributed by atoms with Gasteiger partial charge in [-0.15, -0.1) is 0 Å². The van der Waals surface area contributed by atoms with Gasteiger partial charge in [-0.05, 0) is 37.8 Å². The molecule has 2 fully saturated rings. The molecule has 152 valence electrons. The minimum Gasteiger partial charge on any atom is -0.326 e. The highest BCUT2D eigenvalue weighted by molar-refractivity contribution is 7.99. The predicted octanol–water partition coefficient (Wildman–Crippen LogP) is 2.64. The van der Waals surface area contributed by atoms with E-state index in [9.17, 15) is 18.5 Å². The quantitative estimate of drug-likeness (QED) is 0.654. The van der Waals surface area contributed by atoms with Crippen molar-refractivity contribution in [3.63, 3.8) is 0 Å². The third-order valence-corrected chi connectivity index (χ3v) is 8.47. The molecule has 1 aromatic rings. The van der Waals surface area contributed by atoms with Crippen LogP contribution in [0.2, 0.25) is 0 Å². The van der Waals surface area contributed by atoms with Crippen LogP contribution in [0.15, 0.2) is 28.3 Å². The SMILES string of the molecule is CN(C(=O)CSc1ccc(S(=O)(=O)N2CCCC2)cn1)C1(C#N)CCCCC1. The number of hydrogen-bond acceptors (Lipinski definition) is 6. The normalized spacial score (nSPS) is 19.9. The first-order valence-electron chi connectivity index (χ1n) is 9.66. The molecule has 1 amide bonds. The average molecular weight is 423 g/mol. The van der Waals surface area contributed by atoms with Crippen molar-refractivity contribution < 1.29 is 13.2 Å². The molecular weight excluding hydrogens is 396 g/mol. The van der Waals surface area contributed by atoms with Crippen molar-refractivity contribution >= 4 is 27.7 Å². The second-order valence-corrected chi connectivity index (χ2v) is 10.3. The molecule has 0 atom stereocenters. The molecule has 0 spiro atoms. The summed E-state index contributed by atoms with van der Waals surface area (Å²) < 4.78 is 26.6. The number of amides is 1. The van der Waals surface area contributed by atoms with Crippen molar-refractivity contribution in [3.05, 3.63) is 18.3 Å². The van der Waals surface area contributed by atoms with E-state index >= 15 is 0 Å². The number of rotatable bonds is 6. The third-order valence-electron chi connectivity index (χ3n) is 5.66. The molecular formula is C19H26N4O3S2. The highest BCUT2D eigenvalue weighted by atomic mass is 32.2. The topological polar surface area (TPSA) is 94.4 Å². The van der Waals surface area contributed by atoms with Gasteiger partial charge in [-0.3, -0.25) is 4.79 Å². The fourth-order valence-electron chi connectivity index (χ4n) is 3.81. The first kappa shape index (κ1) is 21.1. The van der Waals surface area contributed by atoms with Crippen LogP contribution >= 0.6 is 11.8 Å². The predicted molar refractivity (Wildman–Crippen MR) is 107 cm³/mol. The van der Waals surface area contributed by atoms with Crippen molar-refractivity contribution in [1.82, 2.24) is 14.2 Å². The second kappa shape index (κ2) is 8.80. The first-order chi connectivity index (χ1) is 13.4. The molecule has 1 saturated carbocycles. The Balaban J connectivity index is 1.60. The maximum absolute atomic E-state index is 12.6. The molecule has 1 aliphatic heterocycles. The van der Waals surface area contributed by atoms with Gasteiger partial charge in [0, 0.05) is 26.3 Å². The summed E-state index contributed by atoms with van der Waals surface area (Å²) in [5.74, 6) is 0.0644. The Morgan fingerprint density at radius 1 is 1.25 bits per heavy atom. The molecule has 1 saturated heterocycles. The van der Waals surface area contributed by atoms with Gasteiger partial charge in [0.25, 0.3) is 0 Å². The van der Waals surface area contributed by atoms with E-state index in [1.807, 2.05) is 0 Å². The van der Waals surface area contributed by atoms with Gasteiger partial charge >= 0.3 is 0 Å². The highest BCUT2D eigenvalue weighted by Crippen LogP contribution is 2.33. The van der Waals surface area contributed by atoms with E-state index in [2.05, 4.69) is 11.1 Å². The zero-order chi connectivity index (χ0) is 20.2. The summed E-state index contributed by atoms with van der Waals surface area (Å²) in [6.07, 6.45) is 7.62. The number of nitrogens with zero attached hydrogens (tertiary/aromatic N) is 4. The molecule has 0 N–H and O–H groups in total. The lowest BCUT2D eigenvalue weighted by molar-refractivity contribution is -0.131. The number of pyridine rings is 1. The Kier molecular flexibility index (Phi) is 6.63. The zero-order valence-electron chi connectivity index (χ0n) is 16.1. The molecule has 1 aliphatic carbocycles. The summed E-state index contributed by atoms with van der Waals surface area (Å²) in [6, 6.07) is 5.55. The van der Waals surface area contributed by atoms with Gasteiger partial charge in [0.1, 0.15) is 10.4 Å². The molecule has 0 aromatic carbocycles. The van der Waals surface area contributed by atoms with Gasteiger partial charge in [-0.1, -0.05) is 31.0 Å². The van der Waals surface area contributed by atoms with E-state index in [0.29, 0.717) is 18.1 Å². The van der Waals surface area contributed by atoms with Gasteiger partial charge < -0.3 is 4.90 Å². The lowest BCUT2D eigenvalue weighted by Crippen LogP contribution is -2.50. The Morgan fingerprint density at radius 2 is 1.93 bits per heavy atom. The Labute approximate surface area is 171 Å². The van der Waals surface area contributed by atoms with Crippen LogP contribution < -0.4 is 0 Å². The first-order valence-corrected chi connectivity index (χ1v) is 12.1. The summed E-state index contributed by atoms with van der Waals surface area (Å²) in [7, 11) is -1.77. The van der Waals surface area contributed by atoms with Crippen molar-refractivity contribution in [3.8, 4) is 6.07 Å². The van der Waals surface area contributed by atoms with Gasteiger partial charge in [-0.25, -0.2) is 13.4 Å². The van der Waals surface area contributed by atoms with E-state index in [-0.39, 0.29) is 16.6 Å². The Morgan fingerprint density at radius 3 is 2.50 bits per heavy atom. The highest BCUT2D eigenvalue weighted by Gasteiger charge is 2.38. The minimum atomic E-state index is -3.48. The van der Waals surface area contributed by atoms with Gasteiger partial charge in [-0.2, -0.15) is 9.57 Å². The molecule has 0 radical (unpaired) electrons. The summed E-state index contributed by atoms with van der Waals surface area (Å²) in [4.78, 5) is 18.6. The van der Waals surface area contributed by atoms with Crippen molar-refractivity contribution in [2.24, 2.45) is 0 Å². The van der Waals surface area contributed by atoms with E-state index in [1.54, 1.807) is 24.1 Å². The number of thioether (sulfide) groups is 1. The van der Waals surface area contributed by atoms with Crippen molar-refractivity contribution in [2.75, 3.05) is 25.9 Å². The molecule has 0 bridgehead atoms. The lowest BCUT2D eigenvalue weighted by Gasteiger charge is -2.39. The van der Waals surface area contributed by atoms with Crippen LogP contribution in [0.3, 0.4) is 0 Å². The van der Waals surface area contributed by atoms with Crippen LogP contribution in [0.4, 0.5) is 0 Å². The summed E-state index contributed by atoms with van der Waals surface area (Å²) in [5, 5.41) is 10.2. The van der Waals surface area contributed by atoms with E-state index in [0.717, 1.165) is 44.9 Å². The van der Waals surface area contributed by atoms with E-state index in [1.165, 1.54) is 22.3 Å². The fraction of sp³-hybridized carbons (Fsp3) is 0.632. The number of sulfonamides is 1. The van der Waals surface area contributed by atoms with Crippen LogP contribution in [0, 0.1) is 11.3 Å². The molecule has 7 nitrogen and oxygen atoms in total. The smallest absolute Gasteiger partial charge is 0.244 e. The molecule has 9 heteroatoms. The summed E-state index contributed by atoms with van der Waals surface area (Å²) in [6.45, 7) is 1.11.